The number of ether oxygens (including phenoxy) is 1. The largest absolute Gasteiger partial charge is 0.497 e. The van der Waals surface area contributed by atoms with Crippen molar-refractivity contribution in [3.63, 3.8) is 0 Å². The number of nitrogens with one attached hydrogen (secondary N) is 1. The van der Waals surface area contributed by atoms with Gasteiger partial charge in [0.25, 0.3) is 5.91 Å². The molecule has 8 nitrogen and oxygen atoms in total. The Morgan fingerprint density at radius 1 is 1.06 bits per heavy atom. The summed E-state index contributed by atoms with van der Waals surface area (Å²) in [5, 5.41) is 11.0. The Morgan fingerprint density at radius 2 is 1.74 bits per heavy atom. The van der Waals surface area contributed by atoms with Gasteiger partial charge in [-0.1, -0.05) is 30.2 Å². The molecule has 2 heterocycles. The topological polar surface area (TPSA) is 88.8 Å². The number of aromatic nitrogens is 2. The molecule has 182 valence electrons. The number of rotatable bonds is 8. The summed E-state index contributed by atoms with van der Waals surface area (Å²) < 4.78 is 6.90. The Hall–Kier alpha value is -3.52. The minimum atomic E-state index is -0.120. The van der Waals surface area contributed by atoms with Crippen molar-refractivity contribution < 1.29 is 9.53 Å². The third-order valence-corrected chi connectivity index (χ3v) is 7.50. The fourth-order valence-corrected chi connectivity index (χ4v) is 5.73. The number of anilines is 1. The molecule has 1 aliphatic carbocycles. The number of nitroso groups, excluding NO2 is 1. The smallest absolute Gasteiger partial charge is 0.277 e. The van der Waals surface area contributed by atoms with Crippen molar-refractivity contribution >= 4 is 11.6 Å². The van der Waals surface area contributed by atoms with Gasteiger partial charge in [-0.2, -0.15) is 10.0 Å². The predicted octanol–water partition coefficient (Wildman–Crippen LogP) is 4.38. The van der Waals surface area contributed by atoms with Crippen molar-refractivity contribution in [3.8, 4) is 11.4 Å². The van der Waals surface area contributed by atoms with E-state index >= 15 is 0 Å². The van der Waals surface area contributed by atoms with Crippen LogP contribution < -0.4 is 15.0 Å². The number of hydrogen-bond acceptors (Lipinski definition) is 6. The summed E-state index contributed by atoms with van der Waals surface area (Å²) in [4.78, 5) is 26.6. The monoisotopic (exact) mass is 473 g/mol. The molecule has 1 aromatic heterocycles. The molecule has 1 saturated carbocycles. The number of carbonyl (C=O) groups is 1. The van der Waals surface area contributed by atoms with Crippen LogP contribution in [0, 0.1) is 4.91 Å². The first kappa shape index (κ1) is 23.2. The van der Waals surface area contributed by atoms with Gasteiger partial charge in [0.15, 0.2) is 0 Å². The van der Waals surface area contributed by atoms with Crippen LogP contribution in [0.2, 0.25) is 0 Å². The first-order valence-electron chi connectivity index (χ1n) is 12.2. The van der Waals surface area contributed by atoms with Crippen molar-refractivity contribution in [2.24, 2.45) is 5.18 Å². The number of hydrogen-bond donors (Lipinski definition) is 1. The zero-order valence-corrected chi connectivity index (χ0v) is 20.3. The summed E-state index contributed by atoms with van der Waals surface area (Å²) >= 11 is 0. The summed E-state index contributed by atoms with van der Waals surface area (Å²) in [7, 11) is 3.62. The maximum atomic E-state index is 13.8. The minimum Gasteiger partial charge on any atom is -0.497 e. The van der Waals surface area contributed by atoms with Crippen LogP contribution in [0.15, 0.2) is 53.7 Å². The SMILES string of the molecule is CNCC1(c2ccc(N3CCc4c(CN=O)nn(-c5ccc(OC)cc5)c4C3=O)cc2)CCCC1. The van der Waals surface area contributed by atoms with E-state index in [1.54, 1.807) is 11.8 Å². The number of methoxy groups -OCH3 is 1. The molecule has 0 bridgehead atoms. The Labute approximate surface area is 205 Å². The van der Waals surface area contributed by atoms with Crippen LogP contribution in [0.1, 0.15) is 53.0 Å². The zero-order valence-electron chi connectivity index (χ0n) is 20.3. The molecule has 0 atom stereocenters. The lowest BCUT2D eigenvalue weighted by molar-refractivity contribution is 0.0973. The van der Waals surface area contributed by atoms with Gasteiger partial charge in [-0.15, -0.1) is 0 Å². The molecule has 0 spiro atoms. The highest BCUT2D eigenvalue weighted by molar-refractivity contribution is 6.07. The van der Waals surface area contributed by atoms with Gasteiger partial charge in [0, 0.05) is 29.8 Å². The molecule has 2 aliphatic rings. The van der Waals surface area contributed by atoms with Crippen LogP contribution in [0.3, 0.4) is 0 Å². The van der Waals surface area contributed by atoms with Crippen molar-refractivity contribution in [1.82, 2.24) is 15.1 Å². The van der Waals surface area contributed by atoms with E-state index in [0.29, 0.717) is 24.4 Å². The normalized spacial score (nSPS) is 16.9. The van der Waals surface area contributed by atoms with E-state index in [2.05, 4.69) is 39.9 Å². The molecule has 1 amide bonds. The van der Waals surface area contributed by atoms with Crippen LogP contribution in [0.4, 0.5) is 5.69 Å². The summed E-state index contributed by atoms with van der Waals surface area (Å²) in [6.07, 6.45) is 5.50. The van der Waals surface area contributed by atoms with E-state index < -0.39 is 0 Å². The minimum absolute atomic E-state index is 0.0546. The molecule has 1 N–H and O–H groups in total. The van der Waals surface area contributed by atoms with Crippen molar-refractivity contribution in [3.05, 3.63) is 76.0 Å². The van der Waals surface area contributed by atoms with E-state index in [1.807, 2.05) is 36.2 Å². The summed E-state index contributed by atoms with van der Waals surface area (Å²) in [6.45, 7) is 1.45. The van der Waals surface area contributed by atoms with Crippen LogP contribution in [-0.2, 0) is 18.4 Å². The standard InChI is InChI=1S/C27H31N5O3/c1-28-18-27(14-3-4-15-27)19-5-7-20(8-6-19)31-16-13-23-24(17-29-34)30-32(25(23)26(31)33)21-9-11-22(35-2)12-10-21/h5-12,28H,3-4,13-18H2,1-2H3. The van der Waals surface area contributed by atoms with E-state index in [-0.39, 0.29) is 17.9 Å². The van der Waals surface area contributed by atoms with Gasteiger partial charge in [-0.25, -0.2) is 4.68 Å². The lowest BCUT2D eigenvalue weighted by Gasteiger charge is -2.31. The number of nitrogens with zero attached hydrogens (tertiary/aromatic N) is 4. The average Bonchev–Trinajstić information content (AvgIpc) is 3.51. The Bertz CT molecular complexity index is 1210. The molecule has 5 rings (SSSR count). The van der Waals surface area contributed by atoms with E-state index in [9.17, 15) is 9.70 Å². The Morgan fingerprint density at radius 3 is 2.37 bits per heavy atom. The molecule has 0 saturated heterocycles. The van der Waals surface area contributed by atoms with Crippen LogP contribution in [0.5, 0.6) is 5.75 Å². The van der Waals surface area contributed by atoms with Crippen molar-refractivity contribution in [2.45, 2.75) is 44.1 Å². The van der Waals surface area contributed by atoms with Gasteiger partial charge in [0.05, 0.1) is 18.5 Å². The van der Waals surface area contributed by atoms with Gasteiger partial charge in [0.2, 0.25) is 0 Å². The summed E-state index contributed by atoms with van der Waals surface area (Å²) in [6, 6.07) is 15.9. The third kappa shape index (κ3) is 4.12. The molecule has 1 aliphatic heterocycles. The third-order valence-electron chi connectivity index (χ3n) is 7.50. The van der Waals surface area contributed by atoms with E-state index in [1.165, 1.54) is 31.2 Å². The average molecular weight is 474 g/mol. The van der Waals surface area contributed by atoms with Crippen molar-refractivity contribution in [1.29, 1.82) is 0 Å². The molecule has 0 unspecified atom stereocenters. The fraction of sp³-hybridized carbons (Fsp3) is 0.407. The van der Waals surface area contributed by atoms with E-state index in [0.717, 1.165) is 29.2 Å². The van der Waals surface area contributed by atoms with Crippen LogP contribution >= 0.6 is 0 Å². The molecule has 35 heavy (non-hydrogen) atoms. The van der Waals surface area contributed by atoms with Gasteiger partial charge in [0.1, 0.15) is 18.0 Å². The van der Waals surface area contributed by atoms with Crippen molar-refractivity contribution in [2.75, 3.05) is 32.1 Å². The quantitative estimate of drug-likeness (QED) is 0.491. The fourth-order valence-electron chi connectivity index (χ4n) is 5.73. The van der Waals surface area contributed by atoms with Crippen LogP contribution in [-0.4, -0.2) is 42.9 Å². The maximum absolute atomic E-state index is 13.8. The first-order chi connectivity index (χ1) is 17.1. The highest BCUT2D eigenvalue weighted by atomic mass is 16.5. The molecular weight excluding hydrogens is 442 g/mol. The predicted molar refractivity (Wildman–Crippen MR) is 136 cm³/mol. The Kier molecular flexibility index (Phi) is 6.38. The number of amides is 1. The van der Waals surface area contributed by atoms with E-state index in [4.69, 9.17) is 4.74 Å². The van der Waals surface area contributed by atoms with Gasteiger partial charge >= 0.3 is 0 Å². The molecule has 8 heteroatoms. The van der Waals surface area contributed by atoms with Gasteiger partial charge < -0.3 is 15.0 Å². The number of benzene rings is 2. The number of carbonyl (C=O) groups excluding carboxylic acids is 1. The summed E-state index contributed by atoms with van der Waals surface area (Å²) in [5.74, 6) is 0.598. The first-order valence-corrected chi connectivity index (χ1v) is 12.2. The second-order valence-corrected chi connectivity index (χ2v) is 9.44. The van der Waals surface area contributed by atoms with Gasteiger partial charge in [-0.05, 0) is 68.3 Å². The zero-order chi connectivity index (χ0) is 24.4. The number of likely N-dealkylation sites (N-methyl/N-ethyl adjacent to an activating group) is 1. The lowest BCUT2D eigenvalue weighted by Crippen LogP contribution is -2.39. The summed E-state index contributed by atoms with van der Waals surface area (Å²) in [5.41, 5.74) is 4.98. The molecule has 1 fully saturated rings. The molecule has 3 aromatic rings. The molecular formula is C27H31N5O3. The molecule has 2 aromatic carbocycles. The molecule has 0 radical (unpaired) electrons. The maximum Gasteiger partial charge on any atom is 0.277 e. The lowest BCUT2D eigenvalue weighted by atomic mass is 9.78. The highest BCUT2D eigenvalue weighted by Gasteiger charge is 2.36. The second kappa shape index (κ2) is 9.62. The number of fused-ring (bicyclic) bond motifs is 1. The van der Waals surface area contributed by atoms with Crippen LogP contribution in [0.25, 0.3) is 5.69 Å². The van der Waals surface area contributed by atoms with Gasteiger partial charge in [-0.3, -0.25) is 4.79 Å². The second-order valence-electron chi connectivity index (χ2n) is 9.44. The Balaban J connectivity index is 1.48. The highest BCUT2D eigenvalue weighted by Crippen LogP contribution is 2.41.